The molecule has 0 fully saturated rings. The fraction of sp³-hybridized carbons (Fsp3) is 0.348. The van der Waals surface area contributed by atoms with Gasteiger partial charge in [-0.15, -0.1) is 0 Å². The Labute approximate surface area is 166 Å². The van der Waals surface area contributed by atoms with Gasteiger partial charge in [-0.05, 0) is 37.0 Å². The maximum atomic E-state index is 12.6. The number of hydrogen-bond donors (Lipinski definition) is 1. The number of ether oxygens (including phenoxy) is 1. The fourth-order valence-electron chi connectivity index (χ4n) is 2.75. The molecule has 0 bridgehead atoms. The second-order valence-corrected chi connectivity index (χ2v) is 7.06. The van der Waals surface area contributed by atoms with Gasteiger partial charge in [-0.25, -0.2) is 4.79 Å². The SMILES string of the molecule is CCc1ccc(C(=O)C(C)OC(=O)[C@@H](NC(=O)c2ccccc2)C(C)C)cc1. The Bertz CT molecular complexity index is 812. The lowest BCUT2D eigenvalue weighted by atomic mass is 10.0. The number of Topliss-reactive ketones (excluding diaryl/α,β-unsaturated/α-hetero) is 1. The van der Waals surface area contributed by atoms with Crippen molar-refractivity contribution in [1.29, 1.82) is 0 Å². The quantitative estimate of drug-likeness (QED) is 0.557. The molecule has 0 spiro atoms. The van der Waals surface area contributed by atoms with Crippen LogP contribution in [0.3, 0.4) is 0 Å². The van der Waals surface area contributed by atoms with Gasteiger partial charge in [0.05, 0.1) is 0 Å². The molecule has 0 saturated heterocycles. The summed E-state index contributed by atoms with van der Waals surface area (Å²) in [5.41, 5.74) is 2.08. The van der Waals surface area contributed by atoms with E-state index in [9.17, 15) is 14.4 Å². The van der Waals surface area contributed by atoms with Crippen LogP contribution in [0.5, 0.6) is 0 Å². The van der Waals surface area contributed by atoms with Crippen LogP contribution in [0.2, 0.25) is 0 Å². The Hall–Kier alpha value is -2.95. The number of esters is 1. The molecule has 1 amide bonds. The van der Waals surface area contributed by atoms with Crippen LogP contribution < -0.4 is 5.32 Å². The Morgan fingerprint density at radius 2 is 1.50 bits per heavy atom. The monoisotopic (exact) mass is 381 g/mol. The molecule has 0 aliphatic carbocycles. The molecule has 0 heterocycles. The number of carbonyl (C=O) groups excluding carboxylic acids is 3. The van der Waals surface area contributed by atoms with Gasteiger partial charge in [0.25, 0.3) is 5.91 Å². The summed E-state index contributed by atoms with van der Waals surface area (Å²) in [6.45, 7) is 7.21. The van der Waals surface area contributed by atoms with E-state index in [0.717, 1.165) is 12.0 Å². The smallest absolute Gasteiger partial charge is 0.329 e. The highest BCUT2D eigenvalue weighted by Gasteiger charge is 2.29. The van der Waals surface area contributed by atoms with Crippen LogP contribution in [0, 0.1) is 5.92 Å². The van der Waals surface area contributed by atoms with E-state index in [2.05, 4.69) is 5.32 Å². The third kappa shape index (κ3) is 5.52. The van der Waals surface area contributed by atoms with E-state index >= 15 is 0 Å². The molecule has 5 heteroatoms. The average Bonchev–Trinajstić information content (AvgIpc) is 2.71. The first-order valence-corrected chi connectivity index (χ1v) is 9.53. The molecule has 2 rings (SSSR count). The van der Waals surface area contributed by atoms with Crippen molar-refractivity contribution in [3.8, 4) is 0 Å². The zero-order valence-electron chi connectivity index (χ0n) is 16.8. The van der Waals surface area contributed by atoms with Crippen molar-refractivity contribution in [3.63, 3.8) is 0 Å². The van der Waals surface area contributed by atoms with Crippen LogP contribution >= 0.6 is 0 Å². The van der Waals surface area contributed by atoms with Gasteiger partial charge in [-0.1, -0.05) is 63.2 Å². The van der Waals surface area contributed by atoms with Gasteiger partial charge in [0.15, 0.2) is 6.10 Å². The zero-order valence-corrected chi connectivity index (χ0v) is 16.8. The van der Waals surface area contributed by atoms with E-state index in [1.807, 2.05) is 39.0 Å². The van der Waals surface area contributed by atoms with Crippen molar-refractivity contribution >= 4 is 17.7 Å². The third-order valence-corrected chi connectivity index (χ3v) is 4.55. The normalized spacial score (nSPS) is 12.9. The predicted molar refractivity (Wildman–Crippen MR) is 108 cm³/mol. The molecule has 1 N–H and O–H groups in total. The molecular weight excluding hydrogens is 354 g/mol. The Kier molecular flexibility index (Phi) is 7.50. The highest BCUT2D eigenvalue weighted by Crippen LogP contribution is 2.12. The number of ketones is 1. The summed E-state index contributed by atoms with van der Waals surface area (Å²) >= 11 is 0. The van der Waals surface area contributed by atoms with Crippen molar-refractivity contribution < 1.29 is 19.1 Å². The molecule has 148 valence electrons. The van der Waals surface area contributed by atoms with Crippen molar-refractivity contribution in [1.82, 2.24) is 5.32 Å². The highest BCUT2D eigenvalue weighted by molar-refractivity contribution is 6.01. The number of carbonyl (C=O) groups is 3. The number of nitrogens with one attached hydrogen (secondary N) is 1. The minimum atomic E-state index is -0.935. The van der Waals surface area contributed by atoms with Gasteiger partial charge >= 0.3 is 5.97 Å². The Morgan fingerprint density at radius 1 is 0.893 bits per heavy atom. The summed E-state index contributed by atoms with van der Waals surface area (Å²) in [4.78, 5) is 37.5. The predicted octanol–water partition coefficient (Wildman–Crippen LogP) is 3.82. The van der Waals surface area contributed by atoms with Crippen LogP contribution in [0.25, 0.3) is 0 Å². The average molecular weight is 381 g/mol. The van der Waals surface area contributed by atoms with Crippen molar-refractivity contribution in [3.05, 3.63) is 71.3 Å². The largest absolute Gasteiger partial charge is 0.453 e. The Morgan fingerprint density at radius 3 is 2.04 bits per heavy atom. The van der Waals surface area contributed by atoms with Crippen molar-refractivity contribution in [2.24, 2.45) is 5.92 Å². The summed E-state index contributed by atoms with van der Waals surface area (Å²) in [6, 6.07) is 15.1. The zero-order chi connectivity index (χ0) is 20.7. The number of rotatable bonds is 8. The molecule has 2 atom stereocenters. The maximum absolute atomic E-state index is 12.6. The van der Waals surface area contributed by atoms with Crippen LogP contribution in [-0.2, 0) is 16.0 Å². The van der Waals surface area contributed by atoms with E-state index in [-0.39, 0.29) is 17.6 Å². The van der Waals surface area contributed by atoms with Crippen LogP contribution in [0.4, 0.5) is 0 Å². The maximum Gasteiger partial charge on any atom is 0.329 e. The standard InChI is InChI=1S/C23H27NO4/c1-5-17-11-13-18(14-12-17)21(25)16(4)28-23(27)20(15(2)3)24-22(26)19-9-7-6-8-10-19/h6-16,20H,5H2,1-4H3,(H,24,26)/t16?,20-/m0/s1. The summed E-state index contributed by atoms with van der Waals surface area (Å²) in [7, 11) is 0. The molecular formula is C23H27NO4. The molecule has 2 aromatic rings. The third-order valence-electron chi connectivity index (χ3n) is 4.55. The summed E-state index contributed by atoms with van der Waals surface area (Å²) in [6.07, 6.45) is -0.0502. The number of amides is 1. The number of hydrogen-bond acceptors (Lipinski definition) is 4. The summed E-state index contributed by atoms with van der Waals surface area (Å²) in [5.74, 6) is -1.44. The number of benzene rings is 2. The fourth-order valence-corrected chi connectivity index (χ4v) is 2.75. The van der Waals surface area contributed by atoms with Gasteiger partial charge in [0.1, 0.15) is 6.04 Å². The molecule has 0 radical (unpaired) electrons. The second kappa shape index (κ2) is 9.83. The summed E-state index contributed by atoms with van der Waals surface area (Å²) < 4.78 is 5.38. The van der Waals surface area contributed by atoms with Crippen molar-refractivity contribution in [2.75, 3.05) is 0 Å². The molecule has 2 aromatic carbocycles. The Balaban J connectivity index is 2.04. The second-order valence-electron chi connectivity index (χ2n) is 7.06. The minimum absolute atomic E-state index is 0.189. The lowest BCUT2D eigenvalue weighted by molar-refractivity contribution is -0.149. The van der Waals surface area contributed by atoms with Gasteiger partial charge in [0, 0.05) is 11.1 Å². The first kappa shape index (κ1) is 21.4. The van der Waals surface area contributed by atoms with E-state index in [0.29, 0.717) is 11.1 Å². The van der Waals surface area contributed by atoms with Crippen molar-refractivity contribution in [2.45, 2.75) is 46.3 Å². The molecule has 0 saturated carbocycles. The van der Waals surface area contributed by atoms with Crippen LogP contribution in [-0.4, -0.2) is 29.8 Å². The van der Waals surface area contributed by atoms with E-state index in [4.69, 9.17) is 4.74 Å². The summed E-state index contributed by atoms with van der Waals surface area (Å²) in [5, 5.41) is 2.71. The lowest BCUT2D eigenvalue weighted by Gasteiger charge is -2.23. The minimum Gasteiger partial charge on any atom is -0.453 e. The number of aryl methyl sites for hydroxylation is 1. The van der Waals surface area contributed by atoms with Gasteiger partial charge < -0.3 is 10.1 Å². The molecule has 28 heavy (non-hydrogen) atoms. The highest BCUT2D eigenvalue weighted by atomic mass is 16.5. The molecule has 0 aliphatic heterocycles. The van der Waals surface area contributed by atoms with Crippen LogP contribution in [0.15, 0.2) is 54.6 Å². The lowest BCUT2D eigenvalue weighted by Crippen LogP contribution is -2.46. The molecule has 0 aliphatic rings. The van der Waals surface area contributed by atoms with Gasteiger partial charge in [-0.2, -0.15) is 0 Å². The van der Waals surface area contributed by atoms with Crippen LogP contribution in [0.1, 0.15) is 54.0 Å². The first-order chi connectivity index (χ1) is 13.3. The topological polar surface area (TPSA) is 72.5 Å². The van der Waals surface area contributed by atoms with E-state index in [1.54, 1.807) is 43.3 Å². The van der Waals surface area contributed by atoms with Gasteiger partial charge in [0.2, 0.25) is 5.78 Å². The van der Waals surface area contributed by atoms with E-state index in [1.165, 1.54) is 0 Å². The molecule has 5 nitrogen and oxygen atoms in total. The van der Waals surface area contributed by atoms with Gasteiger partial charge in [-0.3, -0.25) is 9.59 Å². The molecule has 0 aromatic heterocycles. The first-order valence-electron chi connectivity index (χ1n) is 9.53. The molecule has 1 unspecified atom stereocenters. The van der Waals surface area contributed by atoms with E-state index < -0.39 is 18.1 Å².